The number of carbonyl (C=O) groups is 1. The van der Waals surface area contributed by atoms with Gasteiger partial charge in [0.15, 0.2) is 0 Å². The molecule has 0 aromatic rings. The lowest BCUT2D eigenvalue weighted by atomic mass is 9.98. The summed E-state index contributed by atoms with van der Waals surface area (Å²) < 4.78 is 5.44. The molecule has 0 aromatic carbocycles. The summed E-state index contributed by atoms with van der Waals surface area (Å²) in [6, 6.07) is 0. The molecule has 3 atom stereocenters. The van der Waals surface area contributed by atoms with E-state index in [9.17, 15) is 9.90 Å². The van der Waals surface area contributed by atoms with Gasteiger partial charge in [-0.25, -0.2) is 0 Å². The highest BCUT2D eigenvalue weighted by atomic mass is 16.5. The first-order chi connectivity index (χ1) is 5.59. The molecule has 3 nitrogen and oxygen atoms in total. The molecule has 1 aliphatic rings. The Bertz CT molecular complexity index is 167. The Morgan fingerprint density at radius 1 is 1.58 bits per heavy atom. The molecule has 0 aromatic heterocycles. The van der Waals surface area contributed by atoms with Crippen LogP contribution in [0.4, 0.5) is 0 Å². The molecule has 1 N–H and O–H groups in total. The van der Waals surface area contributed by atoms with Crippen LogP contribution in [0.1, 0.15) is 33.1 Å². The standard InChI is InChI=1S/C9H16O3/c1-6(10)5-9-8(11)4-3-7(2)12-9/h7-9,11H,3-5H2,1-2H3/t7-,8-,9-/m1/s1. The second kappa shape index (κ2) is 4.01. The van der Waals surface area contributed by atoms with Gasteiger partial charge in [-0.2, -0.15) is 0 Å². The molecule has 1 heterocycles. The minimum Gasteiger partial charge on any atom is -0.390 e. The summed E-state index contributed by atoms with van der Waals surface area (Å²) in [5.74, 6) is 0.0770. The van der Waals surface area contributed by atoms with E-state index in [0.29, 0.717) is 6.42 Å². The molecule has 0 aliphatic carbocycles. The fourth-order valence-electron chi connectivity index (χ4n) is 1.52. The van der Waals surface area contributed by atoms with Crippen molar-refractivity contribution >= 4 is 5.78 Å². The van der Waals surface area contributed by atoms with Crippen molar-refractivity contribution in [2.75, 3.05) is 0 Å². The Hall–Kier alpha value is -0.410. The number of ether oxygens (including phenoxy) is 1. The van der Waals surface area contributed by atoms with E-state index in [1.54, 1.807) is 0 Å². The maximum absolute atomic E-state index is 10.8. The molecule has 70 valence electrons. The quantitative estimate of drug-likeness (QED) is 0.673. The Balaban J connectivity index is 2.43. The molecule has 0 bridgehead atoms. The molecule has 0 unspecified atom stereocenters. The Morgan fingerprint density at radius 2 is 2.25 bits per heavy atom. The van der Waals surface area contributed by atoms with Gasteiger partial charge < -0.3 is 9.84 Å². The summed E-state index contributed by atoms with van der Waals surface area (Å²) in [7, 11) is 0. The zero-order valence-electron chi connectivity index (χ0n) is 7.62. The van der Waals surface area contributed by atoms with E-state index in [1.807, 2.05) is 6.92 Å². The predicted molar refractivity (Wildman–Crippen MR) is 44.9 cm³/mol. The molecule has 3 heteroatoms. The van der Waals surface area contributed by atoms with Crippen LogP contribution < -0.4 is 0 Å². The number of rotatable bonds is 2. The van der Waals surface area contributed by atoms with E-state index < -0.39 is 6.10 Å². The number of hydrogen-bond donors (Lipinski definition) is 1. The lowest BCUT2D eigenvalue weighted by Gasteiger charge is -2.31. The third-order valence-electron chi connectivity index (χ3n) is 2.19. The Kier molecular flexibility index (Phi) is 3.23. The average Bonchev–Trinajstić information content (AvgIpc) is 1.96. The molecule has 0 radical (unpaired) electrons. The second-order valence-corrected chi connectivity index (χ2v) is 3.54. The van der Waals surface area contributed by atoms with Gasteiger partial charge in [0.25, 0.3) is 0 Å². The zero-order chi connectivity index (χ0) is 9.14. The number of Topliss-reactive ketones (excluding diaryl/α,β-unsaturated/α-hetero) is 1. The van der Waals surface area contributed by atoms with E-state index in [4.69, 9.17) is 4.74 Å². The van der Waals surface area contributed by atoms with Crippen LogP contribution in [0.3, 0.4) is 0 Å². The number of hydrogen-bond acceptors (Lipinski definition) is 3. The largest absolute Gasteiger partial charge is 0.390 e. The number of aliphatic hydroxyl groups is 1. The van der Waals surface area contributed by atoms with Crippen molar-refractivity contribution < 1.29 is 14.6 Å². The van der Waals surface area contributed by atoms with Crippen LogP contribution in [0.25, 0.3) is 0 Å². The summed E-state index contributed by atoms with van der Waals surface area (Å²) in [4.78, 5) is 10.8. The highest BCUT2D eigenvalue weighted by molar-refractivity contribution is 5.76. The number of ketones is 1. The van der Waals surface area contributed by atoms with Gasteiger partial charge in [0.2, 0.25) is 0 Å². The van der Waals surface area contributed by atoms with Crippen molar-refractivity contribution in [3.05, 3.63) is 0 Å². The molecule has 1 rings (SSSR count). The SMILES string of the molecule is CC(=O)C[C@H]1O[C@H](C)CC[C@H]1O. The maximum atomic E-state index is 10.8. The van der Waals surface area contributed by atoms with Crippen LogP contribution in [-0.2, 0) is 9.53 Å². The fourth-order valence-corrected chi connectivity index (χ4v) is 1.52. The minimum absolute atomic E-state index is 0.0770. The van der Waals surface area contributed by atoms with Crippen LogP contribution in [0.15, 0.2) is 0 Å². The molecular formula is C9H16O3. The summed E-state index contributed by atoms with van der Waals surface area (Å²) in [5, 5.41) is 9.46. The zero-order valence-corrected chi connectivity index (χ0v) is 7.62. The number of aliphatic hydroxyl groups excluding tert-OH is 1. The Labute approximate surface area is 72.7 Å². The minimum atomic E-state index is -0.454. The molecule has 0 spiro atoms. The van der Waals surface area contributed by atoms with Crippen LogP contribution in [0, 0.1) is 0 Å². The molecule has 1 aliphatic heterocycles. The lowest BCUT2D eigenvalue weighted by Crippen LogP contribution is -2.38. The fraction of sp³-hybridized carbons (Fsp3) is 0.889. The van der Waals surface area contributed by atoms with Crippen LogP contribution in [0.5, 0.6) is 0 Å². The Morgan fingerprint density at radius 3 is 2.83 bits per heavy atom. The summed E-state index contributed by atoms with van der Waals surface area (Å²) in [5.41, 5.74) is 0. The van der Waals surface area contributed by atoms with Gasteiger partial charge in [0.05, 0.1) is 18.3 Å². The third-order valence-corrected chi connectivity index (χ3v) is 2.19. The van der Waals surface area contributed by atoms with Gasteiger partial charge in [-0.05, 0) is 26.7 Å². The molecular weight excluding hydrogens is 156 g/mol. The first-order valence-corrected chi connectivity index (χ1v) is 4.42. The summed E-state index contributed by atoms with van der Waals surface area (Å²) in [6.45, 7) is 3.49. The maximum Gasteiger partial charge on any atom is 0.132 e. The van der Waals surface area contributed by atoms with E-state index in [2.05, 4.69) is 0 Å². The van der Waals surface area contributed by atoms with Crippen molar-refractivity contribution in [3.63, 3.8) is 0 Å². The topological polar surface area (TPSA) is 46.5 Å². The molecule has 12 heavy (non-hydrogen) atoms. The third kappa shape index (κ3) is 2.57. The van der Waals surface area contributed by atoms with Gasteiger partial charge in [0, 0.05) is 6.42 Å². The van der Waals surface area contributed by atoms with Gasteiger partial charge in [-0.15, -0.1) is 0 Å². The normalized spacial score (nSPS) is 36.4. The van der Waals surface area contributed by atoms with Crippen molar-refractivity contribution in [3.8, 4) is 0 Å². The summed E-state index contributed by atoms with van der Waals surface area (Å²) in [6.07, 6.45) is 1.43. The highest BCUT2D eigenvalue weighted by Crippen LogP contribution is 2.21. The van der Waals surface area contributed by atoms with Gasteiger partial charge >= 0.3 is 0 Å². The van der Waals surface area contributed by atoms with Crippen molar-refractivity contribution in [2.45, 2.75) is 51.4 Å². The highest BCUT2D eigenvalue weighted by Gasteiger charge is 2.28. The molecule has 1 saturated heterocycles. The molecule has 0 saturated carbocycles. The van der Waals surface area contributed by atoms with Crippen LogP contribution >= 0.6 is 0 Å². The summed E-state index contributed by atoms with van der Waals surface area (Å²) >= 11 is 0. The van der Waals surface area contributed by atoms with Crippen molar-refractivity contribution in [1.29, 1.82) is 0 Å². The first-order valence-electron chi connectivity index (χ1n) is 4.42. The molecule has 1 fully saturated rings. The smallest absolute Gasteiger partial charge is 0.132 e. The van der Waals surface area contributed by atoms with Gasteiger partial charge in [-0.3, -0.25) is 4.79 Å². The molecule has 0 amide bonds. The van der Waals surface area contributed by atoms with Crippen molar-refractivity contribution in [2.24, 2.45) is 0 Å². The van der Waals surface area contributed by atoms with Gasteiger partial charge in [-0.1, -0.05) is 0 Å². The van der Waals surface area contributed by atoms with E-state index in [-0.39, 0.29) is 18.0 Å². The van der Waals surface area contributed by atoms with Crippen LogP contribution in [0.2, 0.25) is 0 Å². The monoisotopic (exact) mass is 172 g/mol. The van der Waals surface area contributed by atoms with E-state index in [0.717, 1.165) is 12.8 Å². The van der Waals surface area contributed by atoms with E-state index in [1.165, 1.54) is 6.92 Å². The van der Waals surface area contributed by atoms with Crippen LogP contribution in [-0.4, -0.2) is 29.2 Å². The van der Waals surface area contributed by atoms with Crippen molar-refractivity contribution in [1.82, 2.24) is 0 Å². The predicted octanol–water partition coefficient (Wildman–Crippen LogP) is 0.894. The average molecular weight is 172 g/mol. The van der Waals surface area contributed by atoms with Gasteiger partial charge in [0.1, 0.15) is 5.78 Å². The first kappa shape index (κ1) is 9.68. The lowest BCUT2D eigenvalue weighted by molar-refractivity contribution is -0.135. The van der Waals surface area contributed by atoms with E-state index >= 15 is 0 Å². The second-order valence-electron chi connectivity index (χ2n) is 3.54. The number of carbonyl (C=O) groups excluding carboxylic acids is 1.